The van der Waals surface area contributed by atoms with Gasteiger partial charge in [-0.25, -0.2) is 0 Å². The first-order valence-corrected chi connectivity index (χ1v) is 4.60. The summed E-state index contributed by atoms with van der Waals surface area (Å²) in [6.45, 7) is 4.07. The van der Waals surface area contributed by atoms with E-state index in [1.54, 1.807) is 0 Å². The van der Waals surface area contributed by atoms with E-state index in [0.29, 0.717) is 19.5 Å². The third kappa shape index (κ3) is 4.81. The summed E-state index contributed by atoms with van der Waals surface area (Å²) >= 11 is 0. The molecular weight excluding hydrogens is 184 g/mol. The van der Waals surface area contributed by atoms with Crippen LogP contribution < -0.4 is 11.1 Å². The molecule has 0 aromatic rings. The highest BCUT2D eigenvalue weighted by atomic mass is 16.4. The van der Waals surface area contributed by atoms with E-state index in [-0.39, 0.29) is 12.3 Å². The van der Waals surface area contributed by atoms with Crippen molar-refractivity contribution in [2.75, 3.05) is 13.1 Å². The third-order valence-corrected chi connectivity index (χ3v) is 1.88. The highest BCUT2D eigenvalue weighted by Gasteiger charge is 2.29. The van der Waals surface area contributed by atoms with Crippen molar-refractivity contribution in [3.63, 3.8) is 0 Å². The third-order valence-electron chi connectivity index (χ3n) is 1.88. The number of carboxylic acid groups (broad SMARTS) is 1. The molecule has 0 fully saturated rings. The van der Waals surface area contributed by atoms with E-state index in [1.807, 2.05) is 0 Å². The Labute approximate surface area is 83.7 Å². The summed E-state index contributed by atoms with van der Waals surface area (Å²) in [5.74, 6) is -1.21. The van der Waals surface area contributed by atoms with Crippen molar-refractivity contribution in [1.29, 1.82) is 0 Å². The van der Waals surface area contributed by atoms with E-state index in [4.69, 9.17) is 10.8 Å². The van der Waals surface area contributed by atoms with Crippen molar-refractivity contribution in [3.8, 4) is 0 Å². The minimum atomic E-state index is -1.01. The molecule has 14 heavy (non-hydrogen) atoms. The van der Waals surface area contributed by atoms with Crippen LogP contribution in [0.5, 0.6) is 0 Å². The molecule has 0 spiro atoms. The zero-order valence-electron chi connectivity index (χ0n) is 8.67. The Balaban J connectivity index is 3.88. The zero-order chi connectivity index (χ0) is 11.2. The van der Waals surface area contributed by atoms with Gasteiger partial charge in [0.05, 0.1) is 5.41 Å². The lowest BCUT2D eigenvalue weighted by atomic mass is 9.89. The van der Waals surface area contributed by atoms with Crippen LogP contribution in [0.25, 0.3) is 0 Å². The highest BCUT2D eigenvalue weighted by molar-refractivity contribution is 5.84. The summed E-state index contributed by atoms with van der Waals surface area (Å²) < 4.78 is 0. The van der Waals surface area contributed by atoms with Crippen LogP contribution in [0.4, 0.5) is 0 Å². The first kappa shape index (κ1) is 12.9. The molecule has 5 nitrogen and oxygen atoms in total. The molecular formula is C9H18N2O3. The number of rotatable bonds is 6. The van der Waals surface area contributed by atoms with Crippen LogP contribution in [0.3, 0.4) is 0 Å². The van der Waals surface area contributed by atoms with Gasteiger partial charge in [0.25, 0.3) is 0 Å². The fourth-order valence-electron chi connectivity index (χ4n) is 0.869. The van der Waals surface area contributed by atoms with Gasteiger partial charge in [0.15, 0.2) is 0 Å². The van der Waals surface area contributed by atoms with E-state index in [2.05, 4.69) is 5.32 Å². The second-order valence-electron chi connectivity index (χ2n) is 3.86. The quantitative estimate of drug-likeness (QED) is 0.527. The smallest absolute Gasteiger partial charge is 0.309 e. The van der Waals surface area contributed by atoms with Crippen LogP contribution >= 0.6 is 0 Å². The molecule has 0 bridgehead atoms. The van der Waals surface area contributed by atoms with Crippen molar-refractivity contribution >= 4 is 11.9 Å². The van der Waals surface area contributed by atoms with Crippen molar-refractivity contribution < 1.29 is 14.7 Å². The maximum absolute atomic E-state index is 11.2. The average molecular weight is 202 g/mol. The standard InChI is InChI=1S/C9H18N2O3/c1-9(2,8(13)14)6-7(12)11-5-3-4-10/h3-6,10H2,1-2H3,(H,11,12)(H,13,14). The Kier molecular flexibility index (Phi) is 5.15. The average Bonchev–Trinajstić information content (AvgIpc) is 2.03. The number of carbonyl (C=O) groups excluding carboxylic acids is 1. The summed E-state index contributed by atoms with van der Waals surface area (Å²) in [7, 11) is 0. The number of amides is 1. The van der Waals surface area contributed by atoms with Gasteiger partial charge >= 0.3 is 5.97 Å². The molecule has 0 radical (unpaired) electrons. The number of hydrogen-bond donors (Lipinski definition) is 3. The summed E-state index contributed by atoms with van der Waals surface area (Å²) in [6.07, 6.45) is 0.701. The second kappa shape index (κ2) is 5.59. The van der Waals surface area contributed by atoms with Crippen LogP contribution in [-0.2, 0) is 9.59 Å². The Morgan fingerprint density at radius 3 is 2.43 bits per heavy atom. The van der Waals surface area contributed by atoms with Gasteiger partial charge in [0.1, 0.15) is 0 Å². The Bertz CT molecular complexity index is 214. The molecule has 0 saturated heterocycles. The molecule has 0 rings (SSSR count). The lowest BCUT2D eigenvalue weighted by Crippen LogP contribution is -2.34. The van der Waals surface area contributed by atoms with E-state index >= 15 is 0 Å². The van der Waals surface area contributed by atoms with Crippen molar-refractivity contribution in [3.05, 3.63) is 0 Å². The number of nitrogens with one attached hydrogen (secondary N) is 1. The minimum absolute atomic E-state index is 0.00704. The van der Waals surface area contributed by atoms with Crippen molar-refractivity contribution in [2.24, 2.45) is 11.1 Å². The largest absolute Gasteiger partial charge is 0.481 e. The second-order valence-corrected chi connectivity index (χ2v) is 3.86. The van der Waals surface area contributed by atoms with E-state index < -0.39 is 11.4 Å². The highest BCUT2D eigenvalue weighted by Crippen LogP contribution is 2.19. The van der Waals surface area contributed by atoms with Gasteiger partial charge in [-0.2, -0.15) is 0 Å². The fraction of sp³-hybridized carbons (Fsp3) is 0.778. The predicted octanol–water partition coefficient (Wildman–Crippen LogP) is -0.0477. The summed E-state index contributed by atoms with van der Waals surface area (Å²) in [6, 6.07) is 0. The summed E-state index contributed by atoms with van der Waals surface area (Å²) in [5, 5.41) is 11.4. The molecule has 5 heteroatoms. The molecule has 1 amide bonds. The molecule has 0 atom stereocenters. The van der Waals surface area contributed by atoms with Crippen LogP contribution in [0.2, 0.25) is 0 Å². The first-order valence-electron chi connectivity index (χ1n) is 4.60. The predicted molar refractivity (Wildman–Crippen MR) is 52.7 cm³/mol. The normalized spacial score (nSPS) is 11.1. The first-order chi connectivity index (χ1) is 6.40. The van der Waals surface area contributed by atoms with Gasteiger partial charge in [-0.15, -0.1) is 0 Å². The van der Waals surface area contributed by atoms with E-state index in [1.165, 1.54) is 13.8 Å². The molecule has 0 aliphatic heterocycles. The molecule has 0 aromatic heterocycles. The van der Waals surface area contributed by atoms with E-state index in [0.717, 1.165) is 0 Å². The molecule has 0 aliphatic rings. The number of nitrogens with two attached hydrogens (primary N) is 1. The number of carbonyl (C=O) groups is 2. The van der Waals surface area contributed by atoms with Gasteiger partial charge in [0.2, 0.25) is 5.91 Å². The van der Waals surface area contributed by atoms with Crippen molar-refractivity contribution in [1.82, 2.24) is 5.32 Å². The van der Waals surface area contributed by atoms with Crippen molar-refractivity contribution in [2.45, 2.75) is 26.7 Å². The molecule has 4 N–H and O–H groups in total. The zero-order valence-corrected chi connectivity index (χ0v) is 8.67. The van der Waals surface area contributed by atoms with Gasteiger partial charge in [-0.3, -0.25) is 9.59 Å². The van der Waals surface area contributed by atoms with Gasteiger partial charge in [-0.1, -0.05) is 0 Å². The van der Waals surface area contributed by atoms with Crippen LogP contribution in [0, 0.1) is 5.41 Å². The fourth-order valence-corrected chi connectivity index (χ4v) is 0.869. The van der Waals surface area contributed by atoms with Crippen LogP contribution in [0.1, 0.15) is 26.7 Å². The molecule has 0 heterocycles. The molecule has 82 valence electrons. The lowest BCUT2D eigenvalue weighted by molar-refractivity contribution is -0.149. The SMILES string of the molecule is CC(C)(CC(=O)NCCCN)C(=O)O. The Morgan fingerprint density at radius 1 is 1.43 bits per heavy atom. The number of hydrogen-bond acceptors (Lipinski definition) is 3. The summed E-state index contributed by atoms with van der Waals surface area (Å²) in [5.41, 5.74) is 4.24. The van der Waals surface area contributed by atoms with E-state index in [9.17, 15) is 9.59 Å². The molecule has 0 aliphatic carbocycles. The molecule has 0 unspecified atom stereocenters. The monoisotopic (exact) mass is 202 g/mol. The van der Waals surface area contributed by atoms with Crippen LogP contribution in [0.15, 0.2) is 0 Å². The Morgan fingerprint density at radius 2 is 2.00 bits per heavy atom. The molecule has 0 saturated carbocycles. The lowest BCUT2D eigenvalue weighted by Gasteiger charge is -2.17. The number of aliphatic carboxylic acids is 1. The van der Waals surface area contributed by atoms with Crippen LogP contribution in [-0.4, -0.2) is 30.1 Å². The molecule has 0 aromatic carbocycles. The van der Waals surface area contributed by atoms with Gasteiger partial charge in [0, 0.05) is 13.0 Å². The summed E-state index contributed by atoms with van der Waals surface area (Å²) in [4.78, 5) is 21.9. The minimum Gasteiger partial charge on any atom is -0.481 e. The Hall–Kier alpha value is -1.10. The topological polar surface area (TPSA) is 92.4 Å². The maximum atomic E-state index is 11.2. The maximum Gasteiger partial charge on any atom is 0.309 e. The van der Waals surface area contributed by atoms with Gasteiger partial charge < -0.3 is 16.2 Å². The van der Waals surface area contributed by atoms with Gasteiger partial charge in [-0.05, 0) is 26.8 Å². The number of carboxylic acids is 1.